The largest absolute Gasteiger partial charge is 0.527 e. The number of carbonyl (C=O) groups is 1. The Morgan fingerprint density at radius 1 is 1.05 bits per heavy atom. The fraction of sp³-hybridized carbons (Fsp3) is 0.478. The molecule has 12 heteroatoms. The summed E-state index contributed by atoms with van der Waals surface area (Å²) in [6.45, 7) is 6.33. The van der Waals surface area contributed by atoms with Crippen molar-refractivity contribution in [1.29, 1.82) is 0 Å². The lowest BCUT2D eigenvalue weighted by Gasteiger charge is -2.47. The number of phosphoric ester groups is 1. The van der Waals surface area contributed by atoms with Gasteiger partial charge in [-0.05, 0) is 148 Å². The lowest BCUT2D eigenvalue weighted by Crippen LogP contribution is -2.53. The van der Waals surface area contributed by atoms with Gasteiger partial charge >= 0.3 is 13.8 Å². The topological polar surface area (TPSA) is 130 Å². The number of nitrogens with zero attached hydrogens (tertiary/aromatic N) is 2. The molecule has 7 rings (SSSR count). The van der Waals surface area contributed by atoms with Crippen molar-refractivity contribution in [2.75, 3.05) is 38.7 Å². The second kappa shape index (κ2) is 18.1. The molecule has 1 spiro atoms. The molecule has 2 unspecified atom stereocenters. The van der Waals surface area contributed by atoms with E-state index >= 15 is 0 Å². The molecule has 0 radical (unpaired) electrons. The first-order valence-electron chi connectivity index (χ1n) is 20.8. The van der Waals surface area contributed by atoms with Crippen LogP contribution in [0, 0.1) is 11.8 Å². The summed E-state index contributed by atoms with van der Waals surface area (Å²) in [5.74, 6) is 1.12. The van der Waals surface area contributed by atoms with Crippen LogP contribution in [0.1, 0.15) is 92.7 Å². The minimum Gasteiger partial charge on any atom is -0.493 e. The standard InChI is InChI=1S/C46H57ClN3O7P/c1-32(31-55-42-17-23-48-41-14-7-9-33(2)43(41)42)27-36-28-35-15-16-39(57-58(53,54)56-26-25-50(3)24-18-34-10-5-4-6-11-34)30-40(35)45(36)19-21-46(22-20-45,44(51)52)49-38-13-8-12-37(47)29-38/h4-6,8,10-13,15-17,23,29-30,32-33,36,49H,7,9,14,18-22,24-28,31H2,1-3H3,(H,51,52)(H,53,54)/t32-,33-,36?,45?,46?/m1/s1. The molecule has 58 heavy (non-hydrogen) atoms. The summed E-state index contributed by atoms with van der Waals surface area (Å²) in [6, 6.07) is 25.0. The highest BCUT2D eigenvalue weighted by molar-refractivity contribution is 7.47. The number of phosphoric acid groups is 1. The number of hydrogen-bond acceptors (Lipinski definition) is 8. The maximum absolute atomic E-state index is 13.3. The predicted octanol–water partition coefficient (Wildman–Crippen LogP) is 9.87. The monoisotopic (exact) mass is 829 g/mol. The van der Waals surface area contributed by atoms with Crippen LogP contribution in [-0.4, -0.2) is 64.7 Å². The van der Waals surface area contributed by atoms with Crippen LogP contribution in [0.2, 0.25) is 5.02 Å². The summed E-state index contributed by atoms with van der Waals surface area (Å²) in [4.78, 5) is 30.6. The molecule has 4 atom stereocenters. The summed E-state index contributed by atoms with van der Waals surface area (Å²) in [5, 5.41) is 14.6. The van der Waals surface area contributed by atoms with Gasteiger partial charge in [0, 0.05) is 41.3 Å². The molecule has 3 N–H and O–H groups in total. The predicted molar refractivity (Wildman–Crippen MR) is 228 cm³/mol. The molecule has 3 aliphatic rings. The van der Waals surface area contributed by atoms with E-state index in [-0.39, 0.29) is 29.6 Å². The molecule has 0 amide bonds. The van der Waals surface area contributed by atoms with E-state index in [4.69, 9.17) is 25.4 Å². The number of hydrogen-bond donors (Lipinski definition) is 3. The highest BCUT2D eigenvalue weighted by Gasteiger charge is 2.54. The van der Waals surface area contributed by atoms with Crippen LogP contribution in [0.3, 0.4) is 0 Å². The van der Waals surface area contributed by atoms with Crippen LogP contribution in [0.15, 0.2) is 85.1 Å². The van der Waals surface area contributed by atoms with Gasteiger partial charge in [-0.2, -0.15) is 0 Å². The fourth-order valence-electron chi connectivity index (χ4n) is 9.68. The highest BCUT2D eigenvalue weighted by Crippen LogP contribution is 2.57. The Bertz CT molecular complexity index is 2090. The lowest BCUT2D eigenvalue weighted by molar-refractivity contribution is -0.144. The molecule has 1 fully saturated rings. The second-order valence-corrected chi connectivity index (χ2v) is 18.8. The number of benzene rings is 3. The number of pyridine rings is 1. The van der Waals surface area contributed by atoms with Gasteiger partial charge in [0.2, 0.25) is 0 Å². The van der Waals surface area contributed by atoms with Crippen molar-refractivity contribution in [2.24, 2.45) is 11.8 Å². The maximum Gasteiger partial charge on any atom is 0.527 e. The van der Waals surface area contributed by atoms with Gasteiger partial charge in [0.15, 0.2) is 0 Å². The van der Waals surface area contributed by atoms with E-state index in [2.05, 4.69) is 41.2 Å². The number of fused-ring (bicyclic) bond motifs is 3. The Kier molecular flexibility index (Phi) is 13.2. The van der Waals surface area contributed by atoms with Gasteiger partial charge in [0.1, 0.15) is 17.0 Å². The molecule has 10 nitrogen and oxygen atoms in total. The third kappa shape index (κ3) is 9.75. The molecule has 1 heterocycles. The first kappa shape index (κ1) is 42.2. The third-order valence-electron chi connectivity index (χ3n) is 12.8. The van der Waals surface area contributed by atoms with Crippen molar-refractivity contribution >= 4 is 31.1 Å². The molecule has 310 valence electrons. The normalized spacial score (nSPS) is 24.1. The average Bonchev–Trinajstić information content (AvgIpc) is 3.48. The minimum atomic E-state index is -4.44. The molecule has 1 saturated carbocycles. The summed E-state index contributed by atoms with van der Waals surface area (Å²) >= 11 is 6.29. The van der Waals surface area contributed by atoms with E-state index in [0.29, 0.717) is 55.5 Å². The zero-order valence-electron chi connectivity index (χ0n) is 33.9. The van der Waals surface area contributed by atoms with E-state index in [9.17, 15) is 19.4 Å². The Morgan fingerprint density at radius 3 is 2.60 bits per heavy atom. The molecule has 0 aliphatic heterocycles. The Morgan fingerprint density at radius 2 is 1.84 bits per heavy atom. The van der Waals surface area contributed by atoms with Crippen molar-refractivity contribution in [1.82, 2.24) is 9.88 Å². The van der Waals surface area contributed by atoms with Gasteiger partial charge in [-0.1, -0.05) is 67.9 Å². The van der Waals surface area contributed by atoms with Gasteiger partial charge in [0.05, 0.1) is 13.2 Å². The number of ether oxygens (including phenoxy) is 1. The SMILES string of the molecule is C[C@@H](COc1ccnc2c1[C@H](C)CCC2)CC1Cc2ccc(OP(=O)(O)OCCN(C)CCc3ccccc3)cc2C12CCC(Nc1cccc(Cl)c1)(C(=O)O)CC2. The molecule has 0 saturated heterocycles. The zero-order chi connectivity index (χ0) is 40.9. The number of carboxylic acids is 1. The minimum absolute atomic E-state index is 0.0358. The van der Waals surface area contributed by atoms with Crippen LogP contribution in [0.25, 0.3) is 0 Å². The van der Waals surface area contributed by atoms with Gasteiger partial charge < -0.3 is 24.6 Å². The van der Waals surface area contributed by atoms with Crippen LogP contribution in [0.5, 0.6) is 11.5 Å². The average molecular weight is 830 g/mol. The summed E-state index contributed by atoms with van der Waals surface area (Å²) < 4.78 is 31.0. The number of aryl methyl sites for hydroxylation is 1. The maximum atomic E-state index is 13.3. The number of carboxylic acid groups (broad SMARTS) is 1. The van der Waals surface area contributed by atoms with Crippen molar-refractivity contribution in [3.05, 3.63) is 118 Å². The number of anilines is 1. The Hall–Kier alpha value is -3.92. The highest BCUT2D eigenvalue weighted by atomic mass is 35.5. The molecule has 3 aromatic carbocycles. The quantitative estimate of drug-likeness (QED) is 0.0885. The van der Waals surface area contributed by atoms with Gasteiger partial charge in [-0.3, -0.25) is 14.4 Å². The number of rotatable bonds is 17. The van der Waals surface area contributed by atoms with Crippen molar-refractivity contribution in [2.45, 2.75) is 94.9 Å². The second-order valence-electron chi connectivity index (χ2n) is 16.9. The number of aromatic nitrogens is 1. The van der Waals surface area contributed by atoms with Gasteiger partial charge in [0.25, 0.3) is 0 Å². The fourth-order valence-corrected chi connectivity index (χ4v) is 10.6. The van der Waals surface area contributed by atoms with Crippen molar-refractivity contribution < 1.29 is 33.1 Å². The molecule has 3 aliphatic carbocycles. The third-order valence-corrected chi connectivity index (χ3v) is 14.0. The van der Waals surface area contributed by atoms with Crippen LogP contribution < -0.4 is 14.6 Å². The van der Waals surface area contributed by atoms with Crippen LogP contribution in [0.4, 0.5) is 5.69 Å². The zero-order valence-corrected chi connectivity index (χ0v) is 35.5. The lowest BCUT2D eigenvalue weighted by atomic mass is 9.59. The summed E-state index contributed by atoms with van der Waals surface area (Å²) in [6.07, 6.45) is 9.66. The van der Waals surface area contributed by atoms with E-state index in [0.717, 1.165) is 67.6 Å². The number of halogens is 1. The molecule has 0 bridgehead atoms. The summed E-state index contributed by atoms with van der Waals surface area (Å²) in [5.41, 5.74) is 4.95. The molecular formula is C46H57ClN3O7P. The summed E-state index contributed by atoms with van der Waals surface area (Å²) in [7, 11) is -2.48. The number of nitrogens with one attached hydrogen (secondary N) is 1. The van der Waals surface area contributed by atoms with Crippen molar-refractivity contribution in [3.8, 4) is 11.5 Å². The van der Waals surface area contributed by atoms with E-state index in [1.54, 1.807) is 18.2 Å². The Balaban J connectivity index is 1.07. The van der Waals surface area contributed by atoms with Crippen LogP contribution in [-0.2, 0) is 38.6 Å². The molecule has 4 aromatic rings. The van der Waals surface area contributed by atoms with E-state index in [1.165, 1.54) is 11.1 Å². The molecular weight excluding hydrogens is 773 g/mol. The van der Waals surface area contributed by atoms with Crippen LogP contribution >= 0.6 is 19.4 Å². The van der Waals surface area contributed by atoms with Crippen molar-refractivity contribution in [3.63, 3.8) is 0 Å². The number of aliphatic carboxylic acids is 1. The Labute approximate surface area is 347 Å². The smallest absolute Gasteiger partial charge is 0.493 e. The first-order valence-corrected chi connectivity index (χ1v) is 22.6. The number of likely N-dealkylation sites (N-methyl/N-ethyl adjacent to an activating group) is 1. The van der Waals surface area contributed by atoms with E-state index < -0.39 is 19.3 Å². The van der Waals surface area contributed by atoms with E-state index in [1.807, 2.05) is 61.8 Å². The van der Waals surface area contributed by atoms with Gasteiger partial charge in [-0.25, -0.2) is 9.36 Å². The molecule has 1 aromatic heterocycles. The first-order chi connectivity index (χ1) is 27.8. The van der Waals surface area contributed by atoms with Gasteiger partial charge in [-0.15, -0.1) is 0 Å².